The third-order valence-electron chi connectivity index (χ3n) is 4.79. The molecule has 1 N–H and O–H groups in total. The smallest absolute Gasteiger partial charge is 0.253 e. The zero-order valence-electron chi connectivity index (χ0n) is 17.3. The molecular formula is C24H20Cl2N4OS. The third kappa shape index (κ3) is 5.33. The van der Waals surface area contributed by atoms with Crippen LogP contribution in [-0.2, 0) is 12.3 Å². The number of nitrogens with one attached hydrogen (secondary N) is 1. The first-order valence-corrected chi connectivity index (χ1v) is 11.7. The number of carbonyl (C=O) groups is 1. The second-order valence-corrected chi connectivity index (χ2v) is 8.94. The second-order valence-electron chi connectivity index (χ2n) is 7.15. The predicted octanol–water partition coefficient (Wildman–Crippen LogP) is 6.10. The molecule has 4 aromatic rings. The average molecular weight is 483 g/mol. The first kappa shape index (κ1) is 22.4. The van der Waals surface area contributed by atoms with Gasteiger partial charge in [-0.25, -0.2) is 0 Å². The molecule has 8 heteroatoms. The van der Waals surface area contributed by atoms with E-state index in [0.29, 0.717) is 21.4 Å². The minimum Gasteiger partial charge on any atom is -0.345 e. The van der Waals surface area contributed by atoms with Crippen molar-refractivity contribution in [2.45, 2.75) is 24.4 Å². The number of hydrogen-bond donors (Lipinski definition) is 1. The van der Waals surface area contributed by atoms with Gasteiger partial charge in [0.1, 0.15) is 0 Å². The van der Waals surface area contributed by atoms with Crippen LogP contribution in [0.5, 0.6) is 0 Å². The van der Waals surface area contributed by atoms with E-state index in [1.165, 1.54) is 5.56 Å². The first-order chi connectivity index (χ1) is 15.5. The van der Waals surface area contributed by atoms with E-state index in [0.717, 1.165) is 22.2 Å². The van der Waals surface area contributed by atoms with Crippen molar-refractivity contribution in [3.63, 3.8) is 0 Å². The Hall–Kier alpha value is -2.80. The van der Waals surface area contributed by atoms with E-state index in [-0.39, 0.29) is 12.5 Å². The Kier molecular flexibility index (Phi) is 7.15. The van der Waals surface area contributed by atoms with Crippen LogP contribution in [0.25, 0.3) is 5.69 Å². The highest BCUT2D eigenvalue weighted by Crippen LogP contribution is 2.26. The van der Waals surface area contributed by atoms with Crippen molar-refractivity contribution >= 4 is 40.9 Å². The Bertz CT molecular complexity index is 1230. The lowest BCUT2D eigenvalue weighted by Crippen LogP contribution is -2.25. The molecule has 0 aliphatic rings. The summed E-state index contributed by atoms with van der Waals surface area (Å²) in [5.41, 5.74) is 3.65. The van der Waals surface area contributed by atoms with Gasteiger partial charge in [-0.3, -0.25) is 9.36 Å². The van der Waals surface area contributed by atoms with Gasteiger partial charge in [0.2, 0.25) is 0 Å². The summed E-state index contributed by atoms with van der Waals surface area (Å²) in [6.45, 7) is 2.24. The molecule has 0 aliphatic carbocycles. The minimum atomic E-state index is -0.302. The summed E-state index contributed by atoms with van der Waals surface area (Å²) < 4.78 is 1.97. The Morgan fingerprint density at radius 2 is 1.75 bits per heavy atom. The molecule has 0 saturated heterocycles. The summed E-state index contributed by atoms with van der Waals surface area (Å²) in [5.74, 6) is 1.09. The van der Waals surface area contributed by atoms with E-state index in [1.807, 2.05) is 54.0 Å². The minimum absolute atomic E-state index is 0.199. The molecule has 32 heavy (non-hydrogen) atoms. The number of thioether (sulfide) groups is 1. The lowest BCUT2D eigenvalue weighted by atomic mass is 10.2. The molecule has 162 valence electrons. The van der Waals surface area contributed by atoms with Gasteiger partial charge in [0.15, 0.2) is 11.0 Å². The van der Waals surface area contributed by atoms with E-state index in [4.69, 9.17) is 23.2 Å². The Balaban J connectivity index is 1.57. The summed E-state index contributed by atoms with van der Waals surface area (Å²) in [5, 5.41) is 13.2. The fourth-order valence-corrected chi connectivity index (χ4v) is 4.53. The molecule has 5 nitrogen and oxygen atoms in total. The summed E-state index contributed by atoms with van der Waals surface area (Å²) in [6, 6.07) is 23.1. The maximum Gasteiger partial charge on any atom is 0.253 e. The van der Waals surface area contributed by atoms with Crippen molar-refractivity contribution in [2.24, 2.45) is 0 Å². The summed E-state index contributed by atoms with van der Waals surface area (Å²) >= 11 is 13.7. The SMILES string of the molecule is Cc1ccc(-n2c(CNC(=O)c3ccc(Cl)cc3Cl)nnc2SCc2ccccc2)cc1. The van der Waals surface area contributed by atoms with Gasteiger partial charge >= 0.3 is 0 Å². The van der Waals surface area contributed by atoms with Gasteiger partial charge in [0.05, 0.1) is 17.1 Å². The maximum atomic E-state index is 12.7. The lowest BCUT2D eigenvalue weighted by Gasteiger charge is -2.12. The highest BCUT2D eigenvalue weighted by molar-refractivity contribution is 7.98. The van der Waals surface area contributed by atoms with Gasteiger partial charge in [-0.15, -0.1) is 10.2 Å². The van der Waals surface area contributed by atoms with Gasteiger partial charge in [-0.05, 0) is 42.8 Å². The van der Waals surface area contributed by atoms with Crippen molar-refractivity contribution in [2.75, 3.05) is 0 Å². The van der Waals surface area contributed by atoms with Crippen molar-refractivity contribution in [3.05, 3.63) is 105 Å². The summed E-state index contributed by atoms with van der Waals surface area (Å²) in [4.78, 5) is 12.7. The van der Waals surface area contributed by atoms with Crippen molar-refractivity contribution in [1.82, 2.24) is 20.1 Å². The quantitative estimate of drug-likeness (QED) is 0.323. The topological polar surface area (TPSA) is 59.8 Å². The molecule has 0 fully saturated rings. The Morgan fingerprint density at radius 3 is 2.47 bits per heavy atom. The van der Waals surface area contributed by atoms with Crippen LogP contribution in [0.2, 0.25) is 10.0 Å². The molecule has 0 atom stereocenters. The maximum absolute atomic E-state index is 12.7. The number of hydrogen-bond acceptors (Lipinski definition) is 4. The molecular weight excluding hydrogens is 463 g/mol. The molecule has 1 amide bonds. The molecule has 1 heterocycles. The molecule has 0 aliphatic heterocycles. The van der Waals surface area contributed by atoms with Gasteiger partial charge in [-0.1, -0.05) is 83.0 Å². The standard InChI is InChI=1S/C24H20Cl2N4OS/c1-16-7-10-19(11-8-16)30-22(14-27-23(31)20-12-9-18(25)13-21(20)26)28-29-24(30)32-15-17-5-3-2-4-6-17/h2-13H,14-15H2,1H3,(H,27,31). The van der Waals surface area contributed by atoms with Crippen LogP contribution >= 0.6 is 35.0 Å². The zero-order chi connectivity index (χ0) is 22.5. The van der Waals surface area contributed by atoms with E-state index >= 15 is 0 Å². The highest BCUT2D eigenvalue weighted by atomic mass is 35.5. The second kappa shape index (κ2) is 10.2. The Labute approximate surface area is 200 Å². The van der Waals surface area contributed by atoms with Crippen LogP contribution in [0, 0.1) is 6.92 Å². The number of aryl methyl sites for hydroxylation is 1. The average Bonchev–Trinajstić information content (AvgIpc) is 3.20. The normalized spacial score (nSPS) is 10.8. The first-order valence-electron chi connectivity index (χ1n) is 9.92. The van der Waals surface area contributed by atoms with Crippen molar-refractivity contribution < 1.29 is 4.79 Å². The van der Waals surface area contributed by atoms with Crippen molar-refractivity contribution in [3.8, 4) is 5.69 Å². The van der Waals surface area contributed by atoms with Crippen LogP contribution < -0.4 is 5.32 Å². The van der Waals surface area contributed by atoms with Gasteiger partial charge in [0, 0.05) is 16.5 Å². The van der Waals surface area contributed by atoms with Crippen LogP contribution in [0.15, 0.2) is 78.0 Å². The third-order valence-corrected chi connectivity index (χ3v) is 6.33. The number of nitrogens with zero attached hydrogens (tertiary/aromatic N) is 3. The van der Waals surface area contributed by atoms with Gasteiger partial charge in [0.25, 0.3) is 5.91 Å². The summed E-state index contributed by atoms with van der Waals surface area (Å²) in [7, 11) is 0. The van der Waals surface area contributed by atoms with Crippen LogP contribution in [0.4, 0.5) is 0 Å². The molecule has 3 aromatic carbocycles. The number of carbonyl (C=O) groups excluding carboxylic acids is 1. The molecule has 4 rings (SSSR count). The number of benzene rings is 3. The van der Waals surface area contributed by atoms with E-state index in [9.17, 15) is 4.79 Å². The van der Waals surface area contributed by atoms with E-state index in [1.54, 1.807) is 30.0 Å². The van der Waals surface area contributed by atoms with E-state index < -0.39 is 0 Å². The monoisotopic (exact) mass is 482 g/mol. The molecule has 0 bridgehead atoms. The molecule has 0 radical (unpaired) electrons. The van der Waals surface area contributed by atoms with Crippen molar-refractivity contribution in [1.29, 1.82) is 0 Å². The summed E-state index contributed by atoms with van der Waals surface area (Å²) in [6.07, 6.45) is 0. The van der Waals surface area contributed by atoms with Crippen LogP contribution in [-0.4, -0.2) is 20.7 Å². The molecule has 0 saturated carbocycles. The number of aromatic nitrogens is 3. The van der Waals surface area contributed by atoms with Gasteiger partial charge in [-0.2, -0.15) is 0 Å². The lowest BCUT2D eigenvalue weighted by molar-refractivity contribution is 0.0950. The zero-order valence-corrected chi connectivity index (χ0v) is 19.6. The Morgan fingerprint density at radius 1 is 1.00 bits per heavy atom. The molecule has 0 unspecified atom stereocenters. The predicted molar refractivity (Wildman–Crippen MR) is 130 cm³/mol. The molecule has 1 aromatic heterocycles. The fourth-order valence-electron chi connectivity index (χ4n) is 3.11. The number of halogens is 2. The van der Waals surface area contributed by atoms with Crippen LogP contribution in [0.3, 0.4) is 0 Å². The van der Waals surface area contributed by atoms with Crippen LogP contribution in [0.1, 0.15) is 27.3 Å². The van der Waals surface area contributed by atoms with E-state index in [2.05, 4.69) is 27.6 Å². The molecule has 0 spiro atoms. The van der Waals surface area contributed by atoms with Gasteiger partial charge < -0.3 is 5.32 Å². The fraction of sp³-hybridized carbons (Fsp3) is 0.125. The highest BCUT2D eigenvalue weighted by Gasteiger charge is 2.17. The largest absolute Gasteiger partial charge is 0.345 e. The number of amides is 1. The number of rotatable bonds is 7.